The van der Waals surface area contributed by atoms with Crippen LogP contribution in [0.2, 0.25) is 0 Å². The molecule has 0 fully saturated rings. The highest BCUT2D eigenvalue weighted by Gasteiger charge is 2.03. The van der Waals surface area contributed by atoms with Gasteiger partial charge in [-0.15, -0.1) is 0 Å². The first-order valence-electron chi connectivity index (χ1n) is 4.68. The van der Waals surface area contributed by atoms with E-state index in [0.717, 1.165) is 0 Å². The molecule has 16 heavy (non-hydrogen) atoms. The molecule has 0 aromatic rings. The molecule has 0 spiro atoms. The Bertz CT molecular complexity index is 258. The lowest BCUT2D eigenvalue weighted by molar-refractivity contribution is -0.138. The first-order valence-corrected chi connectivity index (χ1v) is 5.63. The molecule has 0 saturated carbocycles. The zero-order valence-electron chi connectivity index (χ0n) is 9.12. The van der Waals surface area contributed by atoms with Gasteiger partial charge in [0.1, 0.15) is 6.61 Å². The molecule has 0 unspecified atom stereocenters. The van der Waals surface area contributed by atoms with Gasteiger partial charge in [-0.25, -0.2) is 9.59 Å². The molecule has 0 aliphatic carbocycles. The maximum absolute atomic E-state index is 11.0. The predicted molar refractivity (Wildman–Crippen MR) is 62.3 cm³/mol. The summed E-state index contributed by atoms with van der Waals surface area (Å²) in [5, 5.41) is 4.99. The van der Waals surface area contributed by atoms with E-state index in [1.807, 2.05) is 0 Å². The minimum atomic E-state index is -0.473. The van der Waals surface area contributed by atoms with Gasteiger partial charge in [0.2, 0.25) is 0 Å². The van der Waals surface area contributed by atoms with Gasteiger partial charge in [0, 0.05) is 17.9 Å². The Balaban J connectivity index is 3.41. The van der Waals surface area contributed by atoms with Crippen molar-refractivity contribution in [3.8, 4) is 0 Å². The molecule has 6 nitrogen and oxygen atoms in total. The van der Waals surface area contributed by atoms with E-state index in [4.69, 9.17) is 9.29 Å². The third kappa shape index (κ3) is 8.13. The Labute approximate surface area is 98.6 Å². The predicted octanol–water partition coefficient (Wildman–Crippen LogP) is 0.611. The van der Waals surface area contributed by atoms with Crippen LogP contribution in [0.5, 0.6) is 0 Å². The van der Waals surface area contributed by atoms with Gasteiger partial charge in [-0.1, -0.05) is 6.58 Å². The van der Waals surface area contributed by atoms with Crippen LogP contribution in [0.25, 0.3) is 0 Å². The van der Waals surface area contributed by atoms with E-state index in [2.05, 4.69) is 17.2 Å². The lowest BCUT2D eigenvalue weighted by Gasteiger charge is -2.07. The summed E-state index contributed by atoms with van der Waals surface area (Å²) >= 11 is 0.658. The summed E-state index contributed by atoms with van der Waals surface area (Å²) in [6.45, 7) is 5.68. The molecule has 0 saturated heterocycles. The van der Waals surface area contributed by atoms with Crippen molar-refractivity contribution in [1.82, 2.24) is 10.6 Å². The summed E-state index contributed by atoms with van der Waals surface area (Å²) in [6, 6.07) is -0.361. The molecule has 0 rings (SSSR count). The van der Waals surface area contributed by atoms with Crippen LogP contribution < -0.4 is 10.6 Å². The van der Waals surface area contributed by atoms with Gasteiger partial charge < -0.3 is 19.9 Å². The summed E-state index contributed by atoms with van der Waals surface area (Å²) in [4.78, 5) is 21.9. The highest BCUT2D eigenvalue weighted by Crippen LogP contribution is 1.90. The zero-order chi connectivity index (χ0) is 12.4. The maximum Gasteiger partial charge on any atom is 0.333 e. The van der Waals surface area contributed by atoms with Crippen LogP contribution in [-0.4, -0.2) is 42.0 Å². The molecule has 92 valence electrons. The van der Waals surface area contributed by atoms with Crippen molar-refractivity contribution in [1.29, 1.82) is 0 Å². The number of nitrogens with one attached hydrogen (secondary N) is 2. The van der Waals surface area contributed by atoms with Crippen molar-refractivity contribution in [2.75, 3.05) is 25.4 Å². The Kier molecular flexibility index (Phi) is 8.36. The van der Waals surface area contributed by atoms with E-state index in [-0.39, 0.29) is 19.2 Å². The molecular weight excluding hydrogens is 232 g/mol. The number of hydrogen-bond acceptors (Lipinski definition) is 5. The van der Waals surface area contributed by atoms with E-state index in [1.54, 1.807) is 6.92 Å². The summed E-state index contributed by atoms with van der Waals surface area (Å²) in [7, 11) is 0. The SMILES string of the molecule is C=C(C)C(=O)OCCNC(=O)NCCSO. The molecule has 0 bridgehead atoms. The van der Waals surface area contributed by atoms with Crippen molar-refractivity contribution >= 4 is 24.0 Å². The summed E-state index contributed by atoms with van der Waals surface area (Å²) in [6.07, 6.45) is 0. The average molecular weight is 248 g/mol. The second-order valence-corrected chi connectivity index (χ2v) is 3.60. The molecular formula is C9H16N2O4S. The molecule has 7 heteroatoms. The zero-order valence-corrected chi connectivity index (χ0v) is 9.93. The fourth-order valence-corrected chi connectivity index (χ4v) is 0.898. The second kappa shape index (κ2) is 9.05. The maximum atomic E-state index is 11.0. The Morgan fingerprint density at radius 1 is 1.38 bits per heavy atom. The Morgan fingerprint density at radius 3 is 2.56 bits per heavy atom. The van der Waals surface area contributed by atoms with Crippen LogP contribution in [0.15, 0.2) is 12.2 Å². The van der Waals surface area contributed by atoms with Crippen molar-refractivity contribution < 1.29 is 18.9 Å². The van der Waals surface area contributed by atoms with Crippen LogP contribution in [0.1, 0.15) is 6.92 Å². The monoisotopic (exact) mass is 248 g/mol. The van der Waals surface area contributed by atoms with Crippen LogP contribution in [0, 0.1) is 0 Å². The minimum Gasteiger partial charge on any atom is -0.460 e. The van der Waals surface area contributed by atoms with Gasteiger partial charge >= 0.3 is 12.0 Å². The van der Waals surface area contributed by atoms with Gasteiger partial charge in [-0.3, -0.25) is 0 Å². The van der Waals surface area contributed by atoms with Crippen LogP contribution in [0.4, 0.5) is 4.79 Å². The molecule has 3 N–H and O–H groups in total. The number of amides is 2. The highest BCUT2D eigenvalue weighted by atomic mass is 32.2. The van der Waals surface area contributed by atoms with Gasteiger partial charge in [0.15, 0.2) is 0 Å². The van der Waals surface area contributed by atoms with Crippen molar-refractivity contribution in [2.24, 2.45) is 0 Å². The number of esters is 1. The number of hydrogen-bond donors (Lipinski definition) is 3. The normalized spacial score (nSPS) is 9.38. The Hall–Kier alpha value is -1.21. The Morgan fingerprint density at radius 2 is 2.00 bits per heavy atom. The number of carbonyl (C=O) groups excluding carboxylic acids is 2. The smallest absolute Gasteiger partial charge is 0.333 e. The van der Waals surface area contributed by atoms with Gasteiger partial charge in [-0.05, 0) is 19.0 Å². The molecule has 0 aliphatic rings. The standard InChI is InChI=1S/C9H16N2O4S/c1-7(2)8(12)15-5-3-10-9(13)11-4-6-16-14/h14H,1,3-6H2,2H3,(H2,10,11,13). The van der Waals surface area contributed by atoms with Crippen molar-refractivity contribution in [3.63, 3.8) is 0 Å². The lowest BCUT2D eigenvalue weighted by atomic mass is 10.4. The third-order valence-electron chi connectivity index (χ3n) is 1.45. The highest BCUT2D eigenvalue weighted by molar-refractivity contribution is 7.93. The molecule has 0 radical (unpaired) electrons. The number of urea groups is 1. The third-order valence-corrected chi connectivity index (χ3v) is 1.83. The fraction of sp³-hybridized carbons (Fsp3) is 0.556. The molecule has 0 aromatic heterocycles. The van der Waals surface area contributed by atoms with Crippen LogP contribution in [-0.2, 0) is 9.53 Å². The topological polar surface area (TPSA) is 87.7 Å². The summed E-state index contributed by atoms with van der Waals surface area (Å²) < 4.78 is 13.1. The number of carbonyl (C=O) groups is 2. The second-order valence-electron chi connectivity index (χ2n) is 2.93. The lowest BCUT2D eigenvalue weighted by Crippen LogP contribution is -2.38. The van der Waals surface area contributed by atoms with E-state index in [9.17, 15) is 9.59 Å². The number of ether oxygens (including phenoxy) is 1. The fourth-order valence-electron chi connectivity index (χ4n) is 0.704. The first kappa shape index (κ1) is 14.8. The summed E-state index contributed by atoms with van der Waals surface area (Å²) in [5.41, 5.74) is 0.324. The molecule has 2 amide bonds. The van der Waals surface area contributed by atoms with E-state index in [0.29, 0.717) is 29.9 Å². The van der Waals surface area contributed by atoms with E-state index in [1.165, 1.54) is 0 Å². The van der Waals surface area contributed by atoms with Crippen molar-refractivity contribution in [3.05, 3.63) is 12.2 Å². The van der Waals surface area contributed by atoms with Gasteiger partial charge in [-0.2, -0.15) is 0 Å². The van der Waals surface area contributed by atoms with E-state index >= 15 is 0 Å². The van der Waals surface area contributed by atoms with Crippen LogP contribution >= 0.6 is 12.0 Å². The summed E-state index contributed by atoms with van der Waals surface area (Å²) in [5.74, 6) is -0.0446. The first-order chi connectivity index (χ1) is 7.57. The number of rotatable bonds is 7. The molecule has 0 heterocycles. The average Bonchev–Trinajstić information content (AvgIpc) is 2.24. The van der Waals surface area contributed by atoms with E-state index < -0.39 is 5.97 Å². The molecule has 0 aliphatic heterocycles. The molecule has 0 aromatic carbocycles. The largest absolute Gasteiger partial charge is 0.460 e. The van der Waals surface area contributed by atoms with Crippen LogP contribution in [0.3, 0.4) is 0 Å². The van der Waals surface area contributed by atoms with Gasteiger partial charge in [0.25, 0.3) is 0 Å². The quantitative estimate of drug-likeness (QED) is 0.266. The van der Waals surface area contributed by atoms with Gasteiger partial charge in [0.05, 0.1) is 6.54 Å². The van der Waals surface area contributed by atoms with Crippen molar-refractivity contribution in [2.45, 2.75) is 6.92 Å². The minimum absolute atomic E-state index is 0.105. The molecule has 0 atom stereocenters.